The molecule has 1 saturated heterocycles. The Labute approximate surface area is 201 Å². The number of aromatic nitrogens is 1. The average Bonchev–Trinajstić information content (AvgIpc) is 2.85. The van der Waals surface area contributed by atoms with Crippen LogP contribution in [0.4, 0.5) is 4.79 Å². The van der Waals surface area contributed by atoms with Crippen molar-refractivity contribution in [3.05, 3.63) is 65.5 Å². The van der Waals surface area contributed by atoms with Crippen molar-refractivity contribution in [3.63, 3.8) is 0 Å². The van der Waals surface area contributed by atoms with Crippen LogP contribution in [0.1, 0.15) is 49.2 Å². The zero-order valence-corrected chi connectivity index (χ0v) is 20.1. The number of carbonyl (C=O) groups is 2. The lowest BCUT2D eigenvalue weighted by atomic mass is 10.0. The molecule has 2 unspecified atom stereocenters. The van der Waals surface area contributed by atoms with Crippen LogP contribution < -0.4 is 5.32 Å². The summed E-state index contributed by atoms with van der Waals surface area (Å²) in [5.41, 5.74) is 2.60. The number of pyridine rings is 1. The summed E-state index contributed by atoms with van der Waals surface area (Å²) in [7, 11) is 0. The lowest BCUT2D eigenvalue weighted by Crippen LogP contribution is -2.50. The number of hydrogen-bond acceptors (Lipinski definition) is 6. The second kappa shape index (κ2) is 12.1. The quantitative estimate of drug-likeness (QED) is 0.642. The summed E-state index contributed by atoms with van der Waals surface area (Å²) < 4.78 is 5.27. The number of carbonyl (C=O) groups excluding carboxylic acids is 2. The van der Waals surface area contributed by atoms with E-state index in [1.54, 1.807) is 11.1 Å². The van der Waals surface area contributed by atoms with Gasteiger partial charge in [0.2, 0.25) is 5.91 Å². The van der Waals surface area contributed by atoms with Gasteiger partial charge < -0.3 is 15.0 Å². The van der Waals surface area contributed by atoms with Gasteiger partial charge in [-0.1, -0.05) is 50.2 Å². The maximum absolute atomic E-state index is 13.1. The fraction of sp³-hybridized carbons (Fsp3) is 0.462. The molecule has 2 heterocycles. The van der Waals surface area contributed by atoms with Gasteiger partial charge >= 0.3 is 6.09 Å². The molecule has 8 nitrogen and oxygen atoms in total. The maximum Gasteiger partial charge on any atom is 0.407 e. The van der Waals surface area contributed by atoms with Crippen molar-refractivity contribution in [3.8, 4) is 6.07 Å². The van der Waals surface area contributed by atoms with E-state index in [9.17, 15) is 14.9 Å². The first-order valence-corrected chi connectivity index (χ1v) is 11.7. The number of amides is 2. The average molecular weight is 464 g/mol. The number of nitriles is 1. The number of hydrogen-bond donors (Lipinski definition) is 1. The van der Waals surface area contributed by atoms with Gasteiger partial charge in [-0.05, 0) is 24.5 Å². The molecule has 1 aromatic heterocycles. The third-order valence-electron chi connectivity index (χ3n) is 5.92. The summed E-state index contributed by atoms with van der Waals surface area (Å²) in [6, 6.07) is 14.8. The number of rotatable bonds is 8. The number of nitrogens with zero attached hydrogens (tertiary/aromatic N) is 4. The van der Waals surface area contributed by atoms with Crippen molar-refractivity contribution < 1.29 is 14.3 Å². The summed E-state index contributed by atoms with van der Waals surface area (Å²) >= 11 is 0. The minimum absolute atomic E-state index is 0.0382. The first kappa shape index (κ1) is 25.2. The highest BCUT2D eigenvalue weighted by Gasteiger charge is 2.29. The number of ether oxygens (including phenoxy) is 1. The number of benzene rings is 1. The van der Waals surface area contributed by atoms with Crippen LogP contribution in [0.5, 0.6) is 0 Å². The predicted octanol–water partition coefficient (Wildman–Crippen LogP) is 3.61. The van der Waals surface area contributed by atoms with Gasteiger partial charge in [-0.3, -0.25) is 14.7 Å². The zero-order valence-electron chi connectivity index (χ0n) is 20.1. The molecule has 1 aromatic carbocycles. The van der Waals surface area contributed by atoms with E-state index in [0.29, 0.717) is 32.8 Å². The summed E-state index contributed by atoms with van der Waals surface area (Å²) in [5.74, 6) is 0.190. The van der Waals surface area contributed by atoms with Crippen molar-refractivity contribution in [1.82, 2.24) is 20.1 Å². The molecule has 2 atom stereocenters. The fourth-order valence-corrected chi connectivity index (χ4v) is 4.03. The molecule has 1 N–H and O–H groups in total. The van der Waals surface area contributed by atoms with Gasteiger partial charge in [0.15, 0.2) is 0 Å². The molecule has 34 heavy (non-hydrogen) atoms. The monoisotopic (exact) mass is 463 g/mol. The Morgan fingerprint density at radius 3 is 2.44 bits per heavy atom. The van der Waals surface area contributed by atoms with E-state index < -0.39 is 12.1 Å². The van der Waals surface area contributed by atoms with Gasteiger partial charge in [0.05, 0.1) is 25.1 Å². The van der Waals surface area contributed by atoms with Crippen LogP contribution in [0.15, 0.2) is 48.7 Å². The third kappa shape index (κ3) is 6.78. The van der Waals surface area contributed by atoms with E-state index in [1.807, 2.05) is 63.2 Å². The molecule has 0 saturated carbocycles. The highest BCUT2D eigenvalue weighted by Crippen LogP contribution is 2.24. The van der Waals surface area contributed by atoms with E-state index in [4.69, 9.17) is 4.74 Å². The molecule has 3 rings (SSSR count). The van der Waals surface area contributed by atoms with Crippen molar-refractivity contribution in [2.24, 2.45) is 5.92 Å². The van der Waals surface area contributed by atoms with Crippen molar-refractivity contribution >= 4 is 12.0 Å². The van der Waals surface area contributed by atoms with Crippen molar-refractivity contribution in [1.29, 1.82) is 5.26 Å². The molecular weight excluding hydrogens is 430 g/mol. The third-order valence-corrected chi connectivity index (χ3v) is 5.92. The maximum atomic E-state index is 13.1. The molecule has 1 aliphatic rings. The van der Waals surface area contributed by atoms with Crippen LogP contribution in [0.2, 0.25) is 0 Å². The Morgan fingerprint density at radius 1 is 1.12 bits per heavy atom. The standard InChI is InChI=1S/C26H33N5O3/c1-19(2)18-34-26(33)29-23(21-8-5-4-6-9-21)16-25(32)31-14-12-30(13-15-31)24(17-27)22-10-7-11-28-20(22)3/h4-11,19,23-24H,12-16,18H2,1-3H3,(H,29,33). The Balaban J connectivity index is 1.61. The highest BCUT2D eigenvalue weighted by atomic mass is 16.5. The lowest BCUT2D eigenvalue weighted by Gasteiger charge is -2.37. The molecule has 180 valence electrons. The van der Waals surface area contributed by atoms with Gasteiger partial charge in [0, 0.05) is 43.6 Å². The Kier molecular flexibility index (Phi) is 9.00. The molecule has 0 aliphatic carbocycles. The highest BCUT2D eigenvalue weighted by molar-refractivity contribution is 5.78. The van der Waals surface area contributed by atoms with Crippen LogP contribution in [0.3, 0.4) is 0 Å². The first-order chi connectivity index (χ1) is 16.4. The summed E-state index contributed by atoms with van der Waals surface area (Å²) in [6.45, 7) is 8.40. The predicted molar refractivity (Wildman–Crippen MR) is 129 cm³/mol. The Morgan fingerprint density at radius 2 is 1.82 bits per heavy atom. The fourth-order valence-electron chi connectivity index (χ4n) is 4.03. The van der Waals surface area contributed by atoms with Crippen LogP contribution >= 0.6 is 0 Å². The minimum Gasteiger partial charge on any atom is -0.449 e. The molecule has 1 aliphatic heterocycles. The summed E-state index contributed by atoms with van der Waals surface area (Å²) in [4.78, 5) is 33.6. The largest absolute Gasteiger partial charge is 0.449 e. The first-order valence-electron chi connectivity index (χ1n) is 11.7. The van der Waals surface area contributed by atoms with Gasteiger partial charge in [0.1, 0.15) is 6.04 Å². The normalized spacial score (nSPS) is 15.9. The number of nitrogens with one attached hydrogen (secondary N) is 1. The summed E-state index contributed by atoms with van der Waals surface area (Å²) in [6.07, 6.45) is 1.34. The van der Waals surface area contributed by atoms with Gasteiger partial charge in [0.25, 0.3) is 0 Å². The van der Waals surface area contributed by atoms with E-state index in [0.717, 1.165) is 16.8 Å². The van der Waals surface area contributed by atoms with E-state index in [-0.39, 0.29) is 24.3 Å². The summed E-state index contributed by atoms with van der Waals surface area (Å²) in [5, 5.41) is 12.6. The lowest BCUT2D eigenvalue weighted by molar-refractivity contribution is -0.133. The minimum atomic E-state index is -0.524. The van der Waals surface area contributed by atoms with E-state index >= 15 is 0 Å². The Bertz CT molecular complexity index is 997. The number of alkyl carbamates (subject to hydrolysis) is 1. The van der Waals surface area contributed by atoms with Crippen molar-refractivity contribution in [2.75, 3.05) is 32.8 Å². The number of piperazine rings is 1. The molecule has 0 spiro atoms. The van der Waals surface area contributed by atoms with Crippen molar-refractivity contribution in [2.45, 2.75) is 39.3 Å². The number of aryl methyl sites for hydroxylation is 1. The molecule has 0 bridgehead atoms. The zero-order chi connectivity index (χ0) is 24.5. The topological polar surface area (TPSA) is 98.6 Å². The molecule has 1 fully saturated rings. The molecular formula is C26H33N5O3. The van der Waals surface area contributed by atoms with Gasteiger partial charge in [-0.2, -0.15) is 5.26 Å². The van der Waals surface area contributed by atoms with Crippen LogP contribution in [0, 0.1) is 24.2 Å². The second-order valence-corrected chi connectivity index (χ2v) is 8.93. The second-order valence-electron chi connectivity index (χ2n) is 8.93. The molecule has 2 amide bonds. The van der Waals surface area contributed by atoms with E-state index in [2.05, 4.69) is 21.3 Å². The molecule has 2 aromatic rings. The van der Waals surface area contributed by atoms with Crippen LogP contribution in [-0.4, -0.2) is 59.6 Å². The van der Waals surface area contributed by atoms with Crippen LogP contribution in [0.25, 0.3) is 0 Å². The van der Waals surface area contributed by atoms with E-state index in [1.165, 1.54) is 0 Å². The van der Waals surface area contributed by atoms with Gasteiger partial charge in [-0.25, -0.2) is 4.79 Å². The Hall–Kier alpha value is -3.44. The van der Waals surface area contributed by atoms with Crippen LogP contribution in [-0.2, 0) is 9.53 Å². The smallest absolute Gasteiger partial charge is 0.407 e. The molecule has 0 radical (unpaired) electrons. The SMILES string of the molecule is Cc1ncccc1C(C#N)N1CCN(C(=O)CC(NC(=O)OCC(C)C)c2ccccc2)CC1. The molecule has 8 heteroatoms. The van der Waals surface area contributed by atoms with Gasteiger partial charge in [-0.15, -0.1) is 0 Å².